The van der Waals surface area contributed by atoms with Crippen molar-refractivity contribution in [1.82, 2.24) is 0 Å². The van der Waals surface area contributed by atoms with Crippen molar-refractivity contribution in [3.8, 4) is 5.75 Å². The minimum atomic E-state index is -1.06. The van der Waals surface area contributed by atoms with Gasteiger partial charge in [-0.2, -0.15) is 0 Å². The predicted molar refractivity (Wildman–Crippen MR) is 68.8 cm³/mol. The maximum Gasteiger partial charge on any atom is 0.335 e. The van der Waals surface area contributed by atoms with E-state index >= 15 is 0 Å². The summed E-state index contributed by atoms with van der Waals surface area (Å²) in [5.41, 5.74) is 1.17. The zero-order chi connectivity index (χ0) is 14.7. The molecule has 0 atom stereocenters. The minimum absolute atomic E-state index is 0.0431. The molecule has 3 nitrogen and oxygen atoms in total. The summed E-state index contributed by atoms with van der Waals surface area (Å²) in [4.78, 5) is 10.9. The number of halogens is 2. The van der Waals surface area contributed by atoms with Crippen LogP contribution < -0.4 is 4.74 Å². The molecule has 0 aromatic heterocycles. The van der Waals surface area contributed by atoms with E-state index in [9.17, 15) is 13.6 Å². The highest BCUT2D eigenvalue weighted by atomic mass is 19.1. The van der Waals surface area contributed by atoms with Crippen molar-refractivity contribution in [1.29, 1.82) is 0 Å². The van der Waals surface area contributed by atoms with Crippen molar-refractivity contribution >= 4 is 5.97 Å². The van der Waals surface area contributed by atoms with Crippen molar-refractivity contribution in [2.75, 3.05) is 0 Å². The van der Waals surface area contributed by atoms with Gasteiger partial charge in [-0.15, -0.1) is 0 Å². The van der Waals surface area contributed by atoms with E-state index in [1.165, 1.54) is 24.3 Å². The van der Waals surface area contributed by atoms with Gasteiger partial charge in [0.1, 0.15) is 24.0 Å². The summed E-state index contributed by atoms with van der Waals surface area (Å²) in [6.07, 6.45) is 0. The Morgan fingerprint density at radius 1 is 1.15 bits per heavy atom. The van der Waals surface area contributed by atoms with Crippen molar-refractivity contribution < 1.29 is 23.4 Å². The van der Waals surface area contributed by atoms with Gasteiger partial charge in [-0.25, -0.2) is 13.6 Å². The Balaban J connectivity index is 2.18. The molecule has 2 rings (SSSR count). The van der Waals surface area contributed by atoms with Gasteiger partial charge in [0, 0.05) is 6.07 Å². The molecule has 20 heavy (non-hydrogen) atoms. The summed E-state index contributed by atoms with van der Waals surface area (Å²) < 4.78 is 31.5. The molecule has 0 saturated carbocycles. The van der Waals surface area contributed by atoms with Crippen LogP contribution in [0.4, 0.5) is 8.78 Å². The Bertz CT molecular complexity index is 633. The quantitative estimate of drug-likeness (QED) is 0.930. The second-order valence-electron chi connectivity index (χ2n) is 4.35. The molecule has 0 unspecified atom stereocenters. The third kappa shape index (κ3) is 3.32. The van der Waals surface area contributed by atoms with Crippen LogP contribution in [0.25, 0.3) is 0 Å². The maximum absolute atomic E-state index is 13.0. The lowest BCUT2D eigenvalue weighted by Crippen LogP contribution is -2.01. The molecule has 0 bridgehead atoms. The lowest BCUT2D eigenvalue weighted by atomic mass is 10.1. The van der Waals surface area contributed by atoms with Crippen LogP contribution >= 0.6 is 0 Å². The standard InChI is InChI=1S/C15H12F2O3/c1-9-2-3-11(15(18)19)6-14(9)20-8-10-4-12(16)7-13(17)5-10/h2-7H,8H2,1H3,(H,18,19). The third-order valence-electron chi connectivity index (χ3n) is 2.75. The maximum atomic E-state index is 13.0. The van der Waals surface area contributed by atoms with E-state index in [1.807, 2.05) is 0 Å². The average molecular weight is 278 g/mol. The lowest BCUT2D eigenvalue weighted by molar-refractivity contribution is 0.0696. The van der Waals surface area contributed by atoms with E-state index in [0.717, 1.165) is 11.6 Å². The summed E-state index contributed by atoms with van der Waals surface area (Å²) in [7, 11) is 0. The first-order chi connectivity index (χ1) is 9.45. The largest absolute Gasteiger partial charge is 0.489 e. The molecule has 0 aliphatic carbocycles. The summed E-state index contributed by atoms with van der Waals surface area (Å²) in [5.74, 6) is -2.06. The van der Waals surface area contributed by atoms with Gasteiger partial charge < -0.3 is 9.84 Å². The van der Waals surface area contributed by atoms with Crippen LogP contribution in [0.2, 0.25) is 0 Å². The molecule has 0 fully saturated rings. The Morgan fingerprint density at radius 2 is 1.80 bits per heavy atom. The first-order valence-electron chi connectivity index (χ1n) is 5.87. The fourth-order valence-electron chi connectivity index (χ4n) is 1.74. The topological polar surface area (TPSA) is 46.5 Å². The first-order valence-corrected chi connectivity index (χ1v) is 5.87. The van der Waals surface area contributed by atoms with Crippen molar-refractivity contribution in [3.05, 3.63) is 64.7 Å². The van der Waals surface area contributed by atoms with Gasteiger partial charge in [0.2, 0.25) is 0 Å². The Labute approximate surface area is 114 Å². The molecule has 0 amide bonds. The number of carboxylic acid groups (broad SMARTS) is 1. The van der Waals surface area contributed by atoms with Gasteiger partial charge in [0.05, 0.1) is 5.56 Å². The molecule has 0 saturated heterocycles. The molecular weight excluding hydrogens is 266 g/mol. The highest BCUT2D eigenvalue weighted by Crippen LogP contribution is 2.21. The van der Waals surface area contributed by atoms with E-state index in [2.05, 4.69) is 0 Å². The zero-order valence-corrected chi connectivity index (χ0v) is 10.7. The molecule has 0 aliphatic heterocycles. The number of hydrogen-bond acceptors (Lipinski definition) is 2. The SMILES string of the molecule is Cc1ccc(C(=O)O)cc1OCc1cc(F)cc(F)c1. The van der Waals surface area contributed by atoms with E-state index < -0.39 is 17.6 Å². The van der Waals surface area contributed by atoms with Gasteiger partial charge in [0.25, 0.3) is 0 Å². The highest BCUT2D eigenvalue weighted by Gasteiger charge is 2.08. The number of rotatable bonds is 4. The monoisotopic (exact) mass is 278 g/mol. The number of hydrogen-bond donors (Lipinski definition) is 1. The van der Waals surface area contributed by atoms with E-state index in [0.29, 0.717) is 11.3 Å². The third-order valence-corrected chi connectivity index (χ3v) is 2.75. The van der Waals surface area contributed by atoms with Crippen LogP contribution in [0.5, 0.6) is 5.75 Å². The van der Waals surface area contributed by atoms with E-state index in [1.54, 1.807) is 13.0 Å². The molecule has 1 N–H and O–H groups in total. The summed E-state index contributed by atoms with van der Waals surface area (Å²) in [5, 5.41) is 8.90. The fourth-order valence-corrected chi connectivity index (χ4v) is 1.74. The second-order valence-corrected chi connectivity index (χ2v) is 4.35. The number of aryl methyl sites for hydroxylation is 1. The Morgan fingerprint density at radius 3 is 2.40 bits per heavy atom. The van der Waals surface area contributed by atoms with Crippen LogP contribution in [0.1, 0.15) is 21.5 Å². The number of aromatic carboxylic acids is 1. The molecule has 0 heterocycles. The summed E-state index contributed by atoms with van der Waals surface area (Å²) in [6, 6.07) is 7.57. The molecule has 0 aliphatic rings. The number of carbonyl (C=O) groups is 1. The van der Waals surface area contributed by atoms with Crippen molar-refractivity contribution in [2.24, 2.45) is 0 Å². The van der Waals surface area contributed by atoms with E-state index in [-0.39, 0.29) is 12.2 Å². The van der Waals surface area contributed by atoms with Crippen LogP contribution in [-0.2, 0) is 6.61 Å². The number of ether oxygens (including phenoxy) is 1. The van der Waals surface area contributed by atoms with Crippen LogP contribution in [0.15, 0.2) is 36.4 Å². The van der Waals surface area contributed by atoms with Crippen LogP contribution in [0.3, 0.4) is 0 Å². The molecule has 2 aromatic carbocycles. The van der Waals surface area contributed by atoms with Gasteiger partial charge >= 0.3 is 5.97 Å². The molecule has 5 heteroatoms. The van der Waals surface area contributed by atoms with E-state index in [4.69, 9.17) is 9.84 Å². The lowest BCUT2D eigenvalue weighted by Gasteiger charge is -2.10. The van der Waals surface area contributed by atoms with Gasteiger partial charge in [-0.05, 0) is 42.3 Å². The Kier molecular flexibility index (Phi) is 3.98. The predicted octanol–water partition coefficient (Wildman–Crippen LogP) is 3.55. The molecule has 104 valence electrons. The van der Waals surface area contributed by atoms with Crippen molar-refractivity contribution in [2.45, 2.75) is 13.5 Å². The van der Waals surface area contributed by atoms with Gasteiger partial charge in [0.15, 0.2) is 0 Å². The first kappa shape index (κ1) is 14.0. The van der Waals surface area contributed by atoms with Gasteiger partial charge in [-0.3, -0.25) is 0 Å². The molecule has 0 radical (unpaired) electrons. The summed E-state index contributed by atoms with van der Waals surface area (Å²) >= 11 is 0. The second kappa shape index (κ2) is 5.69. The number of carboxylic acids is 1. The zero-order valence-electron chi connectivity index (χ0n) is 10.7. The average Bonchev–Trinajstić information content (AvgIpc) is 2.36. The smallest absolute Gasteiger partial charge is 0.335 e. The normalized spacial score (nSPS) is 10.3. The van der Waals surface area contributed by atoms with Crippen LogP contribution in [-0.4, -0.2) is 11.1 Å². The van der Waals surface area contributed by atoms with Crippen LogP contribution in [0, 0.1) is 18.6 Å². The Hall–Kier alpha value is -2.43. The molecule has 2 aromatic rings. The molecule has 0 spiro atoms. The minimum Gasteiger partial charge on any atom is -0.489 e. The van der Waals surface area contributed by atoms with Crippen molar-refractivity contribution in [3.63, 3.8) is 0 Å². The van der Waals surface area contributed by atoms with Gasteiger partial charge in [-0.1, -0.05) is 6.07 Å². The molecular formula is C15H12F2O3. The fraction of sp³-hybridized carbons (Fsp3) is 0.133. The summed E-state index contributed by atoms with van der Waals surface area (Å²) in [6.45, 7) is 1.71. The number of benzene rings is 2. The highest BCUT2D eigenvalue weighted by molar-refractivity contribution is 5.88.